The SMILES string of the molecule is CC(C)(C)OC(=O)N1CCC(c2ccc(Nc3nc(N[C@H]4CC[C@H](N5CCOCC5)CC4)c4c5c(sc4n3)CCC5)cc2)CC1. The van der Waals surface area contributed by atoms with Crippen molar-refractivity contribution in [3.8, 4) is 0 Å². The van der Waals surface area contributed by atoms with Crippen LogP contribution in [0.5, 0.6) is 0 Å². The van der Waals surface area contributed by atoms with Gasteiger partial charge in [-0.1, -0.05) is 12.1 Å². The summed E-state index contributed by atoms with van der Waals surface area (Å²) in [5.74, 6) is 2.10. The molecule has 2 aliphatic heterocycles. The Morgan fingerprint density at radius 2 is 1.69 bits per heavy atom. The van der Waals surface area contributed by atoms with Crippen LogP contribution in [0.25, 0.3) is 10.2 Å². The predicted octanol–water partition coefficient (Wildman–Crippen LogP) is 7.09. The molecule has 0 radical (unpaired) electrons. The third-order valence-corrected chi connectivity index (χ3v) is 11.1. The number of aromatic nitrogens is 2. The van der Waals surface area contributed by atoms with E-state index >= 15 is 0 Å². The molecule has 242 valence electrons. The number of morpholine rings is 1. The summed E-state index contributed by atoms with van der Waals surface area (Å²) in [6.45, 7) is 11.1. The van der Waals surface area contributed by atoms with E-state index in [-0.39, 0.29) is 6.09 Å². The monoisotopic (exact) mass is 632 g/mol. The van der Waals surface area contributed by atoms with Crippen LogP contribution in [-0.4, -0.2) is 82.9 Å². The number of hydrogen-bond donors (Lipinski definition) is 2. The lowest BCUT2D eigenvalue weighted by Gasteiger charge is -2.39. The number of piperidine rings is 1. The Morgan fingerprint density at radius 1 is 0.956 bits per heavy atom. The molecule has 1 aromatic carbocycles. The van der Waals surface area contributed by atoms with Gasteiger partial charge >= 0.3 is 6.09 Å². The first-order valence-electron chi connectivity index (χ1n) is 17.0. The molecule has 0 unspecified atom stereocenters. The quantitative estimate of drug-likeness (QED) is 0.298. The first-order valence-corrected chi connectivity index (χ1v) is 17.9. The smallest absolute Gasteiger partial charge is 0.410 e. The summed E-state index contributed by atoms with van der Waals surface area (Å²) in [5, 5.41) is 8.67. The number of carbonyl (C=O) groups excluding carboxylic acids is 1. The van der Waals surface area contributed by atoms with Gasteiger partial charge in [0.05, 0.1) is 18.6 Å². The van der Waals surface area contributed by atoms with Gasteiger partial charge in [0.2, 0.25) is 5.95 Å². The fourth-order valence-corrected chi connectivity index (χ4v) is 8.83. The number of thiophene rings is 1. The van der Waals surface area contributed by atoms with Crippen LogP contribution >= 0.6 is 11.3 Å². The zero-order chi connectivity index (χ0) is 31.0. The molecule has 9 nitrogen and oxygen atoms in total. The van der Waals surface area contributed by atoms with Crippen LogP contribution in [0, 0.1) is 0 Å². The molecule has 4 aliphatic rings. The van der Waals surface area contributed by atoms with Crippen molar-refractivity contribution in [3.63, 3.8) is 0 Å². The molecule has 45 heavy (non-hydrogen) atoms. The van der Waals surface area contributed by atoms with Crippen LogP contribution < -0.4 is 10.6 Å². The first kappa shape index (κ1) is 30.7. The molecule has 0 atom stereocenters. The molecular formula is C35H48N6O3S. The van der Waals surface area contributed by atoms with E-state index in [4.69, 9.17) is 19.4 Å². The molecule has 0 spiro atoms. The van der Waals surface area contributed by atoms with Crippen molar-refractivity contribution >= 4 is 45.1 Å². The summed E-state index contributed by atoms with van der Waals surface area (Å²) in [6.07, 6.45) is 9.98. The molecule has 3 fully saturated rings. The third kappa shape index (κ3) is 7.08. The Labute approximate surface area is 271 Å². The van der Waals surface area contributed by atoms with Gasteiger partial charge in [-0.15, -0.1) is 11.3 Å². The number of ether oxygens (including phenoxy) is 2. The molecule has 0 bridgehead atoms. The Bertz CT molecular complexity index is 1480. The van der Waals surface area contributed by atoms with Crippen LogP contribution in [0.4, 0.5) is 22.2 Å². The fraction of sp³-hybridized carbons (Fsp3) is 0.629. The van der Waals surface area contributed by atoms with Crippen molar-refractivity contribution in [3.05, 3.63) is 40.3 Å². The van der Waals surface area contributed by atoms with Gasteiger partial charge in [-0.05, 0) is 108 Å². The van der Waals surface area contributed by atoms with E-state index in [9.17, 15) is 4.79 Å². The van der Waals surface area contributed by atoms with Crippen molar-refractivity contribution in [1.29, 1.82) is 0 Å². The van der Waals surface area contributed by atoms with E-state index in [2.05, 4.69) is 39.8 Å². The van der Waals surface area contributed by atoms with Crippen LogP contribution in [0.15, 0.2) is 24.3 Å². The maximum atomic E-state index is 12.5. The zero-order valence-electron chi connectivity index (χ0n) is 27.1. The van der Waals surface area contributed by atoms with Crippen LogP contribution in [-0.2, 0) is 22.3 Å². The lowest BCUT2D eigenvalue weighted by Crippen LogP contribution is -2.46. The van der Waals surface area contributed by atoms with Crippen molar-refractivity contribution in [2.24, 2.45) is 0 Å². The van der Waals surface area contributed by atoms with E-state index in [1.54, 1.807) is 0 Å². The molecule has 7 rings (SSSR count). The van der Waals surface area contributed by atoms with Crippen molar-refractivity contribution < 1.29 is 14.3 Å². The number of benzene rings is 1. The van der Waals surface area contributed by atoms with E-state index in [1.807, 2.05) is 37.0 Å². The molecule has 4 heterocycles. The number of aryl methyl sites for hydroxylation is 2. The number of amides is 1. The average Bonchev–Trinajstić information content (AvgIpc) is 3.63. The predicted molar refractivity (Wildman–Crippen MR) is 181 cm³/mol. The van der Waals surface area contributed by atoms with E-state index in [1.165, 1.54) is 53.5 Å². The number of hydrogen-bond acceptors (Lipinski definition) is 9. The minimum Gasteiger partial charge on any atom is -0.444 e. The molecule has 10 heteroatoms. The van der Waals surface area contributed by atoms with Gasteiger partial charge in [0.25, 0.3) is 0 Å². The fourth-order valence-electron chi connectivity index (χ4n) is 7.57. The van der Waals surface area contributed by atoms with Crippen molar-refractivity contribution in [1.82, 2.24) is 19.8 Å². The summed E-state index contributed by atoms with van der Waals surface area (Å²) >= 11 is 1.85. The van der Waals surface area contributed by atoms with Crippen LogP contribution in [0.1, 0.15) is 87.6 Å². The minimum atomic E-state index is -0.464. The standard InChI is InChI=1S/C35H48N6O3S/c1-35(2,3)44-34(42)41-17-15-24(16-18-41)23-7-9-26(10-8-23)37-33-38-31(30-28-5-4-6-29(28)45-32(30)39-33)36-25-11-13-27(14-12-25)40-19-21-43-22-20-40/h7-10,24-25,27H,4-6,11-22H2,1-3H3,(H2,36,37,38,39)/t25-,27-. The Kier molecular flexibility index (Phi) is 8.90. The second-order valence-electron chi connectivity index (χ2n) is 14.2. The zero-order valence-corrected chi connectivity index (χ0v) is 27.9. The first-order chi connectivity index (χ1) is 21.8. The van der Waals surface area contributed by atoms with Crippen LogP contribution in [0.2, 0.25) is 0 Å². The highest BCUT2D eigenvalue weighted by Crippen LogP contribution is 2.41. The molecule has 3 aromatic rings. The highest BCUT2D eigenvalue weighted by molar-refractivity contribution is 7.19. The number of nitrogens with one attached hydrogen (secondary N) is 2. The largest absolute Gasteiger partial charge is 0.444 e. The molecule has 2 aliphatic carbocycles. The van der Waals surface area contributed by atoms with Crippen LogP contribution in [0.3, 0.4) is 0 Å². The summed E-state index contributed by atoms with van der Waals surface area (Å²) in [6, 6.07) is 9.81. The van der Waals surface area contributed by atoms with Gasteiger partial charge in [-0.25, -0.2) is 9.78 Å². The Morgan fingerprint density at radius 3 is 2.40 bits per heavy atom. The number of rotatable bonds is 6. The maximum absolute atomic E-state index is 12.5. The van der Waals surface area contributed by atoms with E-state index < -0.39 is 5.60 Å². The average molecular weight is 633 g/mol. The maximum Gasteiger partial charge on any atom is 0.410 e. The van der Waals surface area contributed by atoms with E-state index in [0.717, 1.165) is 81.4 Å². The Hall–Kier alpha value is -2.95. The highest BCUT2D eigenvalue weighted by atomic mass is 32.1. The third-order valence-electron chi connectivity index (χ3n) is 9.95. The van der Waals surface area contributed by atoms with Gasteiger partial charge in [0.1, 0.15) is 16.2 Å². The highest BCUT2D eigenvalue weighted by Gasteiger charge is 2.30. The molecule has 2 aromatic heterocycles. The topological polar surface area (TPSA) is 91.8 Å². The summed E-state index contributed by atoms with van der Waals surface area (Å²) < 4.78 is 11.2. The van der Waals surface area contributed by atoms with Gasteiger partial charge < -0.3 is 25.0 Å². The molecule has 1 amide bonds. The summed E-state index contributed by atoms with van der Waals surface area (Å²) in [4.78, 5) is 29.7. The lowest BCUT2D eigenvalue weighted by atomic mass is 9.89. The summed E-state index contributed by atoms with van der Waals surface area (Å²) in [7, 11) is 0. The minimum absolute atomic E-state index is 0.206. The van der Waals surface area contributed by atoms with Gasteiger partial charge in [-0.3, -0.25) is 4.90 Å². The van der Waals surface area contributed by atoms with Gasteiger partial charge in [0, 0.05) is 48.8 Å². The lowest BCUT2D eigenvalue weighted by molar-refractivity contribution is 0.00791. The number of nitrogens with zero attached hydrogens (tertiary/aromatic N) is 4. The number of likely N-dealkylation sites (tertiary alicyclic amines) is 1. The number of fused-ring (bicyclic) bond motifs is 3. The molecule has 2 N–H and O–H groups in total. The summed E-state index contributed by atoms with van der Waals surface area (Å²) in [5.41, 5.74) is 3.30. The normalized spacial score (nSPS) is 23.2. The van der Waals surface area contributed by atoms with Gasteiger partial charge in [0.15, 0.2) is 0 Å². The Balaban J connectivity index is 1.01. The van der Waals surface area contributed by atoms with Gasteiger partial charge in [-0.2, -0.15) is 4.98 Å². The number of anilines is 3. The van der Waals surface area contributed by atoms with Crippen molar-refractivity contribution in [2.45, 2.75) is 102 Å². The van der Waals surface area contributed by atoms with E-state index in [0.29, 0.717) is 23.9 Å². The second-order valence-corrected chi connectivity index (χ2v) is 15.3. The number of carbonyl (C=O) groups is 1. The van der Waals surface area contributed by atoms with Crippen molar-refractivity contribution in [2.75, 3.05) is 50.0 Å². The molecule has 2 saturated heterocycles. The second kappa shape index (κ2) is 13.0. The molecule has 1 saturated carbocycles. The molecular weight excluding hydrogens is 584 g/mol.